The van der Waals surface area contributed by atoms with Crippen LogP contribution >= 0.6 is 0 Å². The van der Waals surface area contributed by atoms with Crippen molar-refractivity contribution in [2.24, 2.45) is 11.8 Å². The zero-order chi connectivity index (χ0) is 25.2. The second-order valence-corrected chi connectivity index (χ2v) is 8.82. The van der Waals surface area contributed by atoms with Gasteiger partial charge >= 0.3 is 11.9 Å². The van der Waals surface area contributed by atoms with Crippen LogP contribution in [0.5, 0.6) is 11.5 Å². The third-order valence-corrected chi connectivity index (χ3v) is 6.46. The lowest BCUT2D eigenvalue weighted by atomic mass is 9.69. The first-order valence-electron chi connectivity index (χ1n) is 11.6. The van der Waals surface area contributed by atoms with Gasteiger partial charge in [-0.05, 0) is 57.2 Å². The second-order valence-electron chi connectivity index (χ2n) is 8.82. The Labute approximate surface area is 200 Å². The van der Waals surface area contributed by atoms with E-state index in [-0.39, 0.29) is 29.3 Å². The van der Waals surface area contributed by atoms with Crippen molar-refractivity contribution in [3.8, 4) is 11.5 Å². The Morgan fingerprint density at radius 2 is 1.97 bits per heavy atom. The molecule has 0 bridgehead atoms. The number of Topliss-reactive ketones (excluding diaryl/α,β-unsaturated/α-hetero) is 1. The number of aromatic hydroxyl groups is 1. The summed E-state index contributed by atoms with van der Waals surface area (Å²) in [6.45, 7) is 9.45. The molecule has 8 nitrogen and oxygen atoms in total. The fourth-order valence-corrected chi connectivity index (χ4v) is 4.60. The van der Waals surface area contributed by atoms with Crippen LogP contribution in [-0.2, 0) is 23.9 Å². The molecule has 34 heavy (non-hydrogen) atoms. The summed E-state index contributed by atoms with van der Waals surface area (Å²) in [5.74, 6) is -3.36. The first kappa shape index (κ1) is 25.3. The van der Waals surface area contributed by atoms with E-state index in [4.69, 9.17) is 14.2 Å². The van der Waals surface area contributed by atoms with Crippen molar-refractivity contribution in [2.45, 2.75) is 59.5 Å². The van der Waals surface area contributed by atoms with Gasteiger partial charge < -0.3 is 24.6 Å². The number of hydrogen-bond donors (Lipinski definition) is 2. The Balaban J connectivity index is 2.20. The Morgan fingerprint density at radius 1 is 1.26 bits per heavy atom. The lowest BCUT2D eigenvalue weighted by Gasteiger charge is -2.38. The van der Waals surface area contributed by atoms with Crippen LogP contribution in [0.1, 0.15) is 58.9 Å². The number of hydrogen-bond acceptors (Lipinski definition) is 8. The highest BCUT2D eigenvalue weighted by Gasteiger charge is 2.47. The maximum absolute atomic E-state index is 13.7. The van der Waals surface area contributed by atoms with Gasteiger partial charge in [0.1, 0.15) is 5.92 Å². The Hall–Kier alpha value is -3.29. The van der Waals surface area contributed by atoms with Crippen molar-refractivity contribution in [2.75, 3.05) is 13.7 Å². The molecule has 1 aromatic rings. The van der Waals surface area contributed by atoms with Crippen molar-refractivity contribution in [1.29, 1.82) is 0 Å². The van der Waals surface area contributed by atoms with Crippen LogP contribution in [0.3, 0.4) is 0 Å². The summed E-state index contributed by atoms with van der Waals surface area (Å²) < 4.78 is 16.1. The molecule has 0 saturated heterocycles. The average molecular weight is 472 g/mol. The monoisotopic (exact) mass is 471 g/mol. The van der Waals surface area contributed by atoms with Gasteiger partial charge in [-0.15, -0.1) is 0 Å². The van der Waals surface area contributed by atoms with Crippen molar-refractivity contribution < 1.29 is 33.7 Å². The first-order valence-corrected chi connectivity index (χ1v) is 11.6. The summed E-state index contributed by atoms with van der Waals surface area (Å²) in [4.78, 5) is 39.6. The SMILES string of the molecule is CCOc1cc([C@@H]2C(C(=O)O[C@@H](C)CC)=C(C)NC3=C2C(=O)[C@@H](C(=O)OC)[C@@H](C)C3)ccc1O. The Kier molecular flexibility index (Phi) is 7.69. The van der Waals surface area contributed by atoms with E-state index in [1.165, 1.54) is 13.2 Å². The molecule has 1 aliphatic carbocycles. The zero-order valence-electron chi connectivity index (χ0n) is 20.6. The molecule has 0 unspecified atom stereocenters. The maximum Gasteiger partial charge on any atom is 0.337 e. The third-order valence-electron chi connectivity index (χ3n) is 6.46. The van der Waals surface area contributed by atoms with E-state index in [9.17, 15) is 19.5 Å². The van der Waals surface area contributed by atoms with E-state index < -0.39 is 23.8 Å². The molecular weight excluding hydrogens is 438 g/mol. The number of rotatable bonds is 7. The number of ketones is 1. The summed E-state index contributed by atoms with van der Waals surface area (Å²) >= 11 is 0. The highest BCUT2D eigenvalue weighted by atomic mass is 16.5. The number of carbonyl (C=O) groups is 3. The van der Waals surface area contributed by atoms with Crippen LogP contribution in [0.15, 0.2) is 40.7 Å². The van der Waals surface area contributed by atoms with E-state index in [1.54, 1.807) is 32.9 Å². The molecule has 0 radical (unpaired) electrons. The van der Waals surface area contributed by atoms with Gasteiger partial charge in [0.25, 0.3) is 0 Å². The normalized spacial score (nSPS) is 23.1. The lowest BCUT2D eigenvalue weighted by molar-refractivity contribution is -0.151. The highest BCUT2D eigenvalue weighted by molar-refractivity contribution is 6.12. The minimum absolute atomic E-state index is 0.0470. The molecule has 184 valence electrons. The molecule has 3 rings (SSSR count). The predicted octanol–water partition coefficient (Wildman–Crippen LogP) is 3.75. The minimum Gasteiger partial charge on any atom is -0.504 e. The van der Waals surface area contributed by atoms with Crippen molar-refractivity contribution in [1.82, 2.24) is 5.32 Å². The van der Waals surface area contributed by atoms with Crippen molar-refractivity contribution >= 4 is 17.7 Å². The van der Waals surface area contributed by atoms with Crippen LogP contribution < -0.4 is 10.1 Å². The number of phenolic OH excluding ortho intramolecular Hbond substituents is 1. The second kappa shape index (κ2) is 10.3. The molecule has 1 aliphatic heterocycles. The lowest BCUT2D eigenvalue weighted by Crippen LogP contribution is -2.43. The van der Waals surface area contributed by atoms with Crippen LogP contribution in [0.4, 0.5) is 0 Å². The van der Waals surface area contributed by atoms with Gasteiger partial charge in [0.05, 0.1) is 25.4 Å². The van der Waals surface area contributed by atoms with Gasteiger partial charge in [-0.1, -0.05) is 19.9 Å². The Morgan fingerprint density at radius 3 is 2.59 bits per heavy atom. The van der Waals surface area contributed by atoms with Gasteiger partial charge in [-0.25, -0.2) is 4.79 Å². The highest BCUT2D eigenvalue weighted by Crippen LogP contribution is 2.46. The largest absolute Gasteiger partial charge is 0.504 e. The average Bonchev–Trinajstić information content (AvgIpc) is 2.79. The summed E-state index contributed by atoms with van der Waals surface area (Å²) in [6, 6.07) is 4.76. The maximum atomic E-state index is 13.7. The van der Waals surface area contributed by atoms with Crippen LogP contribution in [0.2, 0.25) is 0 Å². The molecule has 0 amide bonds. The third kappa shape index (κ3) is 4.67. The minimum atomic E-state index is -0.971. The van der Waals surface area contributed by atoms with Gasteiger partial charge in [0.2, 0.25) is 0 Å². The molecule has 1 heterocycles. The number of carbonyl (C=O) groups excluding carboxylic acids is 3. The molecule has 2 N–H and O–H groups in total. The number of benzene rings is 1. The fraction of sp³-hybridized carbons (Fsp3) is 0.500. The number of nitrogens with one attached hydrogen (secondary N) is 1. The van der Waals surface area contributed by atoms with Crippen LogP contribution in [0.25, 0.3) is 0 Å². The molecule has 8 heteroatoms. The molecule has 0 spiro atoms. The van der Waals surface area contributed by atoms with E-state index in [0.717, 1.165) is 0 Å². The molecule has 0 aromatic heterocycles. The Bertz CT molecular complexity index is 1060. The van der Waals surface area contributed by atoms with Crippen molar-refractivity contribution in [3.63, 3.8) is 0 Å². The van der Waals surface area contributed by atoms with E-state index in [0.29, 0.717) is 47.6 Å². The number of dihydropyridines is 1. The topological polar surface area (TPSA) is 111 Å². The summed E-state index contributed by atoms with van der Waals surface area (Å²) in [7, 11) is 1.26. The molecule has 1 aromatic carbocycles. The first-order chi connectivity index (χ1) is 16.1. The number of phenols is 1. The smallest absolute Gasteiger partial charge is 0.337 e. The van der Waals surface area contributed by atoms with Gasteiger partial charge in [-0.3, -0.25) is 9.59 Å². The van der Waals surface area contributed by atoms with E-state index in [2.05, 4.69) is 5.32 Å². The summed E-state index contributed by atoms with van der Waals surface area (Å²) in [5.41, 5.74) is 2.46. The van der Waals surface area contributed by atoms with E-state index in [1.807, 2.05) is 13.8 Å². The van der Waals surface area contributed by atoms with Gasteiger partial charge in [0, 0.05) is 22.9 Å². The van der Waals surface area contributed by atoms with Crippen molar-refractivity contribution in [3.05, 3.63) is 46.3 Å². The summed E-state index contributed by atoms with van der Waals surface area (Å²) in [5, 5.41) is 13.5. The molecule has 0 fully saturated rings. The fourth-order valence-electron chi connectivity index (χ4n) is 4.60. The zero-order valence-corrected chi connectivity index (χ0v) is 20.6. The number of allylic oxidation sites excluding steroid dienone is 3. The van der Waals surface area contributed by atoms with Crippen LogP contribution in [0, 0.1) is 11.8 Å². The van der Waals surface area contributed by atoms with Crippen LogP contribution in [-0.4, -0.2) is 42.6 Å². The molecule has 4 atom stereocenters. The molecule has 2 aliphatic rings. The molecule has 0 saturated carbocycles. The number of ether oxygens (including phenoxy) is 3. The quantitative estimate of drug-likeness (QED) is 0.457. The molecular formula is C26H33NO7. The summed E-state index contributed by atoms with van der Waals surface area (Å²) in [6.07, 6.45) is 0.768. The van der Waals surface area contributed by atoms with Gasteiger partial charge in [-0.2, -0.15) is 0 Å². The number of methoxy groups -OCH3 is 1. The van der Waals surface area contributed by atoms with Gasteiger partial charge in [0.15, 0.2) is 17.3 Å². The number of esters is 2. The predicted molar refractivity (Wildman–Crippen MR) is 125 cm³/mol. The van der Waals surface area contributed by atoms with E-state index >= 15 is 0 Å². The standard InChI is InChI=1S/C26H33NO7/c1-7-14(4)34-26(31)21-15(5)27-17-11-13(3)20(25(30)32-6)24(29)23(17)22(21)16-9-10-18(28)19(12-16)33-8-2/h9-10,12-14,20,22,27-28H,7-8,11H2,1-6H3/t13-,14-,20-,22+/m0/s1.